The lowest BCUT2D eigenvalue weighted by atomic mass is 10.0. The van der Waals surface area contributed by atoms with Crippen molar-refractivity contribution in [2.75, 3.05) is 6.54 Å². The van der Waals surface area contributed by atoms with Crippen LogP contribution in [-0.4, -0.2) is 34.1 Å². The van der Waals surface area contributed by atoms with Gasteiger partial charge in [-0.3, -0.25) is 0 Å². The zero-order valence-electron chi connectivity index (χ0n) is 11.5. The van der Waals surface area contributed by atoms with Gasteiger partial charge < -0.3 is 0 Å². The SMILES string of the molecule is CC(C)[C@@H]1CCCN1S(=O)(=O)c1cccc2nsnc12. The van der Waals surface area contributed by atoms with Crippen LogP contribution in [0.5, 0.6) is 0 Å². The summed E-state index contributed by atoms with van der Waals surface area (Å²) in [6.07, 6.45) is 1.86. The molecule has 0 spiro atoms. The van der Waals surface area contributed by atoms with Crippen molar-refractivity contribution in [3.05, 3.63) is 18.2 Å². The molecular formula is C13H17N3O2S2. The average Bonchev–Trinajstić information content (AvgIpc) is 3.06. The third-order valence-corrected chi connectivity index (χ3v) is 6.35. The molecule has 3 rings (SSSR count). The summed E-state index contributed by atoms with van der Waals surface area (Å²) in [5.41, 5.74) is 1.14. The first kappa shape index (κ1) is 13.9. The van der Waals surface area contributed by atoms with E-state index in [-0.39, 0.29) is 10.9 Å². The number of rotatable bonds is 3. The van der Waals surface area contributed by atoms with Gasteiger partial charge in [0, 0.05) is 12.6 Å². The Bertz CT molecular complexity index is 724. The van der Waals surface area contributed by atoms with Crippen molar-refractivity contribution in [2.24, 2.45) is 5.92 Å². The molecular weight excluding hydrogens is 294 g/mol. The normalized spacial score (nSPS) is 21.1. The lowest BCUT2D eigenvalue weighted by Gasteiger charge is -2.26. The minimum atomic E-state index is -3.49. The van der Waals surface area contributed by atoms with Gasteiger partial charge in [0.05, 0.1) is 11.7 Å². The van der Waals surface area contributed by atoms with Crippen molar-refractivity contribution in [2.45, 2.75) is 37.6 Å². The maximum atomic E-state index is 12.9. The van der Waals surface area contributed by atoms with Crippen molar-refractivity contribution in [3.8, 4) is 0 Å². The molecule has 2 aromatic rings. The van der Waals surface area contributed by atoms with Crippen molar-refractivity contribution in [1.82, 2.24) is 13.1 Å². The van der Waals surface area contributed by atoms with Gasteiger partial charge in [0.25, 0.3) is 0 Å². The number of fused-ring (bicyclic) bond motifs is 1. The second kappa shape index (κ2) is 5.05. The highest BCUT2D eigenvalue weighted by Gasteiger charge is 2.37. The zero-order chi connectivity index (χ0) is 14.3. The third kappa shape index (κ3) is 2.13. The summed E-state index contributed by atoms with van der Waals surface area (Å²) >= 11 is 1.05. The summed E-state index contributed by atoms with van der Waals surface area (Å²) in [5, 5.41) is 0. The van der Waals surface area contributed by atoms with Crippen LogP contribution in [0.3, 0.4) is 0 Å². The van der Waals surface area contributed by atoms with Crippen LogP contribution >= 0.6 is 11.7 Å². The second-order valence-corrected chi connectivity index (χ2v) is 7.84. The molecule has 1 aromatic carbocycles. The molecule has 7 heteroatoms. The first-order valence-corrected chi connectivity index (χ1v) is 8.92. The molecule has 0 amide bonds. The number of hydrogen-bond acceptors (Lipinski definition) is 5. The molecule has 1 saturated heterocycles. The summed E-state index contributed by atoms with van der Waals surface area (Å²) in [4.78, 5) is 0.288. The van der Waals surface area contributed by atoms with Gasteiger partial charge in [0.2, 0.25) is 10.0 Å². The van der Waals surface area contributed by atoms with E-state index in [0.29, 0.717) is 23.5 Å². The summed E-state index contributed by atoms with van der Waals surface area (Å²) in [7, 11) is -3.49. The van der Waals surface area contributed by atoms with Crippen LogP contribution in [0.2, 0.25) is 0 Å². The predicted octanol–water partition coefficient (Wildman–Crippen LogP) is 2.50. The molecule has 0 radical (unpaired) electrons. The highest BCUT2D eigenvalue weighted by Crippen LogP contribution is 2.32. The smallest absolute Gasteiger partial charge is 0.207 e. The lowest BCUT2D eigenvalue weighted by Crippen LogP contribution is -2.38. The minimum Gasteiger partial charge on any atom is -0.207 e. The predicted molar refractivity (Wildman–Crippen MR) is 79.2 cm³/mol. The van der Waals surface area contributed by atoms with Crippen LogP contribution < -0.4 is 0 Å². The van der Waals surface area contributed by atoms with Crippen LogP contribution in [-0.2, 0) is 10.0 Å². The molecule has 1 fully saturated rings. The van der Waals surface area contributed by atoms with Crippen LogP contribution in [0.4, 0.5) is 0 Å². The average molecular weight is 311 g/mol. The van der Waals surface area contributed by atoms with Crippen LogP contribution in [0.15, 0.2) is 23.1 Å². The molecule has 1 aliphatic rings. The van der Waals surface area contributed by atoms with E-state index in [1.807, 2.05) is 0 Å². The Labute approximate surface area is 123 Å². The van der Waals surface area contributed by atoms with E-state index in [4.69, 9.17) is 0 Å². The van der Waals surface area contributed by atoms with Gasteiger partial charge in [-0.2, -0.15) is 13.1 Å². The molecule has 0 unspecified atom stereocenters. The fourth-order valence-electron chi connectivity index (χ4n) is 2.85. The van der Waals surface area contributed by atoms with Gasteiger partial charge in [-0.1, -0.05) is 19.9 Å². The van der Waals surface area contributed by atoms with E-state index >= 15 is 0 Å². The number of sulfonamides is 1. The summed E-state index contributed by atoms with van der Waals surface area (Å²) in [5.74, 6) is 0.319. The topological polar surface area (TPSA) is 63.2 Å². The fourth-order valence-corrected chi connectivity index (χ4v) is 5.43. The zero-order valence-corrected chi connectivity index (χ0v) is 13.1. The first-order valence-electron chi connectivity index (χ1n) is 6.75. The monoisotopic (exact) mass is 311 g/mol. The molecule has 0 aliphatic carbocycles. The van der Waals surface area contributed by atoms with Gasteiger partial charge in [-0.25, -0.2) is 8.42 Å². The second-order valence-electron chi connectivity index (χ2n) is 5.46. The summed E-state index contributed by atoms with van der Waals surface area (Å²) in [6, 6.07) is 5.25. The van der Waals surface area contributed by atoms with E-state index in [9.17, 15) is 8.42 Å². The lowest BCUT2D eigenvalue weighted by molar-refractivity contribution is 0.316. The standard InChI is InChI=1S/C13H17N3O2S2/c1-9(2)11-6-4-8-16(11)20(17,18)12-7-3-5-10-13(12)15-19-14-10/h3,5,7,9,11H,4,6,8H2,1-2H3/t11-/m0/s1. The Morgan fingerprint density at radius 1 is 1.35 bits per heavy atom. The van der Waals surface area contributed by atoms with E-state index < -0.39 is 10.0 Å². The van der Waals surface area contributed by atoms with Crippen molar-refractivity contribution in [1.29, 1.82) is 0 Å². The minimum absolute atomic E-state index is 0.0850. The molecule has 2 heterocycles. The first-order chi connectivity index (χ1) is 9.51. The molecule has 20 heavy (non-hydrogen) atoms. The van der Waals surface area contributed by atoms with Gasteiger partial charge in [0.15, 0.2) is 0 Å². The molecule has 0 bridgehead atoms. The largest absolute Gasteiger partial charge is 0.245 e. The van der Waals surface area contributed by atoms with E-state index in [2.05, 4.69) is 22.6 Å². The highest BCUT2D eigenvalue weighted by molar-refractivity contribution is 7.89. The van der Waals surface area contributed by atoms with Crippen LogP contribution in [0.25, 0.3) is 11.0 Å². The Morgan fingerprint density at radius 3 is 2.90 bits per heavy atom. The maximum absolute atomic E-state index is 12.9. The van der Waals surface area contributed by atoms with E-state index in [1.165, 1.54) is 0 Å². The van der Waals surface area contributed by atoms with E-state index in [0.717, 1.165) is 24.6 Å². The van der Waals surface area contributed by atoms with Gasteiger partial charge in [0.1, 0.15) is 15.9 Å². The van der Waals surface area contributed by atoms with Gasteiger partial charge in [-0.05, 0) is 30.9 Å². The quantitative estimate of drug-likeness (QED) is 0.873. The summed E-state index contributed by atoms with van der Waals surface area (Å²) < 4.78 is 35.8. The molecule has 0 saturated carbocycles. The Kier molecular flexibility index (Phi) is 3.51. The number of hydrogen-bond donors (Lipinski definition) is 0. The van der Waals surface area contributed by atoms with Crippen molar-refractivity contribution >= 4 is 32.8 Å². The maximum Gasteiger partial charge on any atom is 0.245 e. The van der Waals surface area contributed by atoms with Crippen LogP contribution in [0.1, 0.15) is 26.7 Å². The number of aromatic nitrogens is 2. The third-order valence-electron chi connectivity index (χ3n) is 3.85. The Balaban J connectivity index is 2.10. The molecule has 1 aliphatic heterocycles. The van der Waals surface area contributed by atoms with Crippen molar-refractivity contribution < 1.29 is 8.42 Å². The molecule has 108 valence electrons. The van der Waals surface area contributed by atoms with Gasteiger partial charge >= 0.3 is 0 Å². The molecule has 1 aromatic heterocycles. The van der Waals surface area contributed by atoms with Crippen LogP contribution in [0, 0.1) is 5.92 Å². The Hall–Kier alpha value is -1.05. The number of benzene rings is 1. The van der Waals surface area contributed by atoms with E-state index in [1.54, 1.807) is 22.5 Å². The molecule has 0 N–H and O–H groups in total. The molecule has 5 nitrogen and oxygen atoms in total. The van der Waals surface area contributed by atoms with Gasteiger partial charge in [-0.15, -0.1) is 0 Å². The van der Waals surface area contributed by atoms with Crippen molar-refractivity contribution in [3.63, 3.8) is 0 Å². The summed E-state index contributed by atoms with van der Waals surface area (Å²) in [6.45, 7) is 4.74. The Morgan fingerprint density at radius 2 is 2.15 bits per heavy atom. The fraction of sp³-hybridized carbons (Fsp3) is 0.538. The molecule has 1 atom stereocenters. The highest BCUT2D eigenvalue weighted by atomic mass is 32.2. The number of nitrogens with zero attached hydrogens (tertiary/aromatic N) is 3.